The number of hydrogen-bond donors (Lipinski definition) is 0. The Morgan fingerprint density at radius 3 is 2.56 bits per heavy atom. The molecule has 0 bridgehead atoms. The number of benzene rings is 1. The predicted octanol–water partition coefficient (Wildman–Crippen LogP) is 4.02. The zero-order valence-corrected chi connectivity index (χ0v) is 11.5. The molecule has 5 heteroatoms. The molecule has 0 saturated carbocycles. The van der Waals surface area contributed by atoms with Crippen molar-refractivity contribution in [1.82, 2.24) is 15.0 Å². The molecule has 18 heavy (non-hydrogen) atoms. The van der Waals surface area contributed by atoms with E-state index in [4.69, 9.17) is 11.6 Å². The van der Waals surface area contributed by atoms with Gasteiger partial charge in [-0.2, -0.15) is 0 Å². The van der Waals surface area contributed by atoms with E-state index < -0.39 is 0 Å². The summed E-state index contributed by atoms with van der Waals surface area (Å²) in [4.78, 5) is 13.1. The van der Waals surface area contributed by atoms with Crippen LogP contribution in [0.4, 0.5) is 0 Å². The molecule has 0 fully saturated rings. The Morgan fingerprint density at radius 2 is 1.83 bits per heavy atom. The number of nitrogens with zero attached hydrogens (tertiary/aromatic N) is 3. The van der Waals surface area contributed by atoms with Crippen LogP contribution in [0.3, 0.4) is 0 Å². The quantitative estimate of drug-likeness (QED) is 0.630. The summed E-state index contributed by atoms with van der Waals surface area (Å²) in [5, 5.41) is 1.35. The number of aromatic nitrogens is 3. The first-order chi connectivity index (χ1) is 8.65. The summed E-state index contributed by atoms with van der Waals surface area (Å²) in [6.07, 6.45) is 0. The molecule has 2 heterocycles. The molecule has 3 rings (SSSR count). The van der Waals surface area contributed by atoms with E-state index in [0.717, 1.165) is 26.5 Å². The summed E-state index contributed by atoms with van der Waals surface area (Å²) in [5.41, 5.74) is 2.68. The topological polar surface area (TPSA) is 38.7 Å². The Hall–Kier alpha value is -1.52. The van der Waals surface area contributed by atoms with Crippen molar-refractivity contribution in [3.63, 3.8) is 0 Å². The van der Waals surface area contributed by atoms with E-state index in [1.807, 2.05) is 32.0 Å². The molecule has 90 valence electrons. The van der Waals surface area contributed by atoms with E-state index in [9.17, 15) is 0 Å². The first kappa shape index (κ1) is 11.6. The van der Waals surface area contributed by atoms with Crippen molar-refractivity contribution in [2.45, 2.75) is 13.8 Å². The average Bonchev–Trinajstić information content (AvgIpc) is 2.70. The maximum absolute atomic E-state index is 6.21. The maximum Gasteiger partial charge on any atom is 0.143 e. The second-order valence-electron chi connectivity index (χ2n) is 4.01. The molecule has 0 aliphatic carbocycles. The van der Waals surface area contributed by atoms with E-state index in [0.29, 0.717) is 11.0 Å². The minimum atomic E-state index is 0.471. The third-order valence-corrected chi connectivity index (χ3v) is 3.99. The van der Waals surface area contributed by atoms with Crippen molar-refractivity contribution in [2.24, 2.45) is 0 Å². The standard InChI is InChI=1S/C13H10ClN3S/c1-7-11(12(14)16-8(2)15-7)13-17-9-5-3-4-6-10(9)18-13/h3-6H,1-2H3. The van der Waals surface area contributed by atoms with Gasteiger partial charge >= 0.3 is 0 Å². The van der Waals surface area contributed by atoms with Gasteiger partial charge in [-0.05, 0) is 26.0 Å². The second kappa shape index (κ2) is 4.30. The molecule has 3 nitrogen and oxygen atoms in total. The Kier molecular flexibility index (Phi) is 2.76. The van der Waals surface area contributed by atoms with Crippen LogP contribution >= 0.6 is 22.9 Å². The van der Waals surface area contributed by atoms with Crippen LogP contribution in [-0.4, -0.2) is 15.0 Å². The van der Waals surface area contributed by atoms with Gasteiger partial charge in [-0.15, -0.1) is 11.3 Å². The SMILES string of the molecule is Cc1nc(C)c(-c2nc3ccccc3s2)c(Cl)n1. The third kappa shape index (κ3) is 1.87. The van der Waals surface area contributed by atoms with Crippen LogP contribution in [0.1, 0.15) is 11.5 Å². The van der Waals surface area contributed by atoms with Gasteiger partial charge in [-0.1, -0.05) is 23.7 Å². The Balaban J connectivity index is 2.26. The number of fused-ring (bicyclic) bond motifs is 1. The van der Waals surface area contributed by atoms with Crippen LogP contribution in [0.15, 0.2) is 24.3 Å². The van der Waals surface area contributed by atoms with Crippen LogP contribution in [0, 0.1) is 13.8 Å². The molecule has 1 aromatic carbocycles. The lowest BCUT2D eigenvalue weighted by Gasteiger charge is -2.04. The van der Waals surface area contributed by atoms with Gasteiger partial charge in [0.25, 0.3) is 0 Å². The molecular weight excluding hydrogens is 266 g/mol. The smallest absolute Gasteiger partial charge is 0.143 e. The molecule has 0 aliphatic heterocycles. The molecule has 0 saturated heterocycles. The fourth-order valence-corrected chi connectivity index (χ4v) is 3.36. The largest absolute Gasteiger partial charge is 0.238 e. The van der Waals surface area contributed by atoms with Crippen LogP contribution in [0.2, 0.25) is 5.15 Å². The molecule has 0 amide bonds. The molecular formula is C13H10ClN3S. The predicted molar refractivity (Wildman–Crippen MR) is 75.1 cm³/mol. The second-order valence-corrected chi connectivity index (χ2v) is 5.40. The van der Waals surface area contributed by atoms with Gasteiger partial charge in [0, 0.05) is 0 Å². The normalized spacial score (nSPS) is 11.1. The Morgan fingerprint density at radius 1 is 1.06 bits per heavy atom. The molecule has 0 radical (unpaired) electrons. The number of hydrogen-bond acceptors (Lipinski definition) is 4. The van der Waals surface area contributed by atoms with Gasteiger partial charge in [0.2, 0.25) is 0 Å². The zero-order valence-electron chi connectivity index (χ0n) is 9.94. The van der Waals surface area contributed by atoms with Gasteiger partial charge < -0.3 is 0 Å². The summed E-state index contributed by atoms with van der Waals surface area (Å²) in [7, 11) is 0. The molecule has 2 aromatic heterocycles. The first-order valence-electron chi connectivity index (χ1n) is 5.52. The zero-order chi connectivity index (χ0) is 12.7. The van der Waals surface area contributed by atoms with E-state index >= 15 is 0 Å². The van der Waals surface area contributed by atoms with Crippen molar-refractivity contribution in [3.05, 3.63) is 40.9 Å². The highest BCUT2D eigenvalue weighted by atomic mass is 35.5. The maximum atomic E-state index is 6.21. The summed E-state index contributed by atoms with van der Waals surface area (Å²) in [5.74, 6) is 0.683. The molecule has 0 spiro atoms. The summed E-state index contributed by atoms with van der Waals surface area (Å²) in [6.45, 7) is 3.77. The highest BCUT2D eigenvalue weighted by Crippen LogP contribution is 2.34. The molecule has 0 unspecified atom stereocenters. The minimum absolute atomic E-state index is 0.471. The minimum Gasteiger partial charge on any atom is -0.238 e. The van der Waals surface area contributed by atoms with Crippen LogP contribution in [0.5, 0.6) is 0 Å². The number of para-hydroxylation sites is 1. The van der Waals surface area contributed by atoms with Crippen LogP contribution < -0.4 is 0 Å². The van der Waals surface area contributed by atoms with E-state index in [1.165, 1.54) is 0 Å². The van der Waals surface area contributed by atoms with E-state index in [2.05, 4.69) is 21.0 Å². The first-order valence-corrected chi connectivity index (χ1v) is 6.71. The monoisotopic (exact) mass is 275 g/mol. The van der Waals surface area contributed by atoms with Gasteiger partial charge in [0.05, 0.1) is 21.5 Å². The highest BCUT2D eigenvalue weighted by molar-refractivity contribution is 7.21. The number of thiazole rings is 1. The third-order valence-electron chi connectivity index (χ3n) is 2.67. The number of aryl methyl sites for hydroxylation is 2. The molecule has 0 atom stereocenters. The number of halogens is 1. The summed E-state index contributed by atoms with van der Waals surface area (Å²) < 4.78 is 1.14. The lowest BCUT2D eigenvalue weighted by Crippen LogP contribution is -1.95. The van der Waals surface area contributed by atoms with Gasteiger partial charge in [-0.25, -0.2) is 15.0 Å². The van der Waals surface area contributed by atoms with Gasteiger partial charge in [0.15, 0.2) is 0 Å². The van der Waals surface area contributed by atoms with Crippen molar-refractivity contribution < 1.29 is 0 Å². The van der Waals surface area contributed by atoms with Crippen molar-refractivity contribution in [2.75, 3.05) is 0 Å². The lowest BCUT2D eigenvalue weighted by molar-refractivity contribution is 1.01. The van der Waals surface area contributed by atoms with Crippen molar-refractivity contribution in [1.29, 1.82) is 0 Å². The summed E-state index contributed by atoms with van der Waals surface area (Å²) >= 11 is 7.82. The van der Waals surface area contributed by atoms with Crippen LogP contribution in [0.25, 0.3) is 20.8 Å². The van der Waals surface area contributed by atoms with Crippen LogP contribution in [-0.2, 0) is 0 Å². The molecule has 0 N–H and O–H groups in total. The average molecular weight is 276 g/mol. The Labute approximate surface area is 114 Å². The Bertz CT molecular complexity index is 680. The molecule has 3 aromatic rings. The highest BCUT2D eigenvalue weighted by Gasteiger charge is 2.14. The molecule has 0 aliphatic rings. The van der Waals surface area contributed by atoms with E-state index in [-0.39, 0.29) is 0 Å². The van der Waals surface area contributed by atoms with Crippen molar-refractivity contribution in [3.8, 4) is 10.6 Å². The summed E-state index contributed by atoms with van der Waals surface area (Å²) in [6, 6.07) is 8.03. The van der Waals surface area contributed by atoms with Gasteiger partial charge in [0.1, 0.15) is 16.0 Å². The van der Waals surface area contributed by atoms with Gasteiger partial charge in [-0.3, -0.25) is 0 Å². The fraction of sp³-hybridized carbons (Fsp3) is 0.154. The fourth-order valence-electron chi connectivity index (χ4n) is 1.89. The number of rotatable bonds is 1. The van der Waals surface area contributed by atoms with E-state index in [1.54, 1.807) is 11.3 Å². The van der Waals surface area contributed by atoms with Crippen molar-refractivity contribution >= 4 is 33.2 Å². The lowest BCUT2D eigenvalue weighted by atomic mass is 10.2.